The lowest BCUT2D eigenvalue weighted by Gasteiger charge is -2.15. The van der Waals surface area contributed by atoms with E-state index in [-0.39, 0.29) is 11.7 Å². The third kappa shape index (κ3) is 7.25. The second-order valence-electron chi connectivity index (χ2n) is 6.29. The van der Waals surface area contributed by atoms with Gasteiger partial charge in [-0.15, -0.1) is 0 Å². The molecule has 1 fully saturated rings. The molecule has 26 heavy (non-hydrogen) atoms. The van der Waals surface area contributed by atoms with Gasteiger partial charge in [0.25, 0.3) is 0 Å². The van der Waals surface area contributed by atoms with Crippen LogP contribution in [0.4, 0.5) is 8.78 Å². The zero-order valence-electron chi connectivity index (χ0n) is 15.1. The maximum absolute atomic E-state index is 12.5. The number of halogens is 2. The molecule has 1 aliphatic carbocycles. The highest BCUT2D eigenvalue weighted by Gasteiger charge is 2.22. The number of alkyl halides is 2. The molecule has 3 N–H and O–H groups in total. The first kappa shape index (κ1) is 19.9. The second-order valence-corrected chi connectivity index (χ2v) is 6.29. The lowest BCUT2D eigenvalue weighted by atomic mass is 10.1. The van der Waals surface area contributed by atoms with Crippen LogP contribution in [-0.4, -0.2) is 38.1 Å². The monoisotopic (exact) mass is 368 g/mol. The predicted octanol–water partition coefficient (Wildman–Crippen LogP) is 2.32. The Labute approximate surface area is 152 Å². The molecule has 0 aliphatic heterocycles. The first-order valence-corrected chi connectivity index (χ1v) is 8.76. The van der Waals surface area contributed by atoms with Crippen LogP contribution < -0.4 is 20.7 Å². The molecule has 6 nitrogen and oxygen atoms in total. The molecule has 1 aliphatic rings. The fourth-order valence-corrected chi connectivity index (χ4v) is 2.44. The minimum absolute atomic E-state index is 0.0748. The number of aliphatic imine (C=N–C) groups is 1. The zero-order valence-corrected chi connectivity index (χ0v) is 15.1. The van der Waals surface area contributed by atoms with Crippen molar-refractivity contribution in [2.75, 3.05) is 13.6 Å². The van der Waals surface area contributed by atoms with Gasteiger partial charge in [-0.1, -0.05) is 17.7 Å². The Kier molecular flexibility index (Phi) is 7.62. The normalized spacial score (nSPS) is 14.3. The highest BCUT2D eigenvalue weighted by Crippen LogP contribution is 2.22. The van der Waals surface area contributed by atoms with E-state index < -0.39 is 6.61 Å². The van der Waals surface area contributed by atoms with Crippen LogP contribution in [0.2, 0.25) is 0 Å². The van der Waals surface area contributed by atoms with E-state index in [0.717, 1.165) is 18.4 Å². The van der Waals surface area contributed by atoms with Gasteiger partial charge in [-0.05, 0) is 32.3 Å². The molecule has 1 saturated carbocycles. The smallest absolute Gasteiger partial charge is 0.387 e. The number of rotatable bonds is 9. The standard InChI is InChI=1S/C18H26F2N4O2/c1-12-5-8-15(26-17(19)20)13(10-12)11-23-18(21-2)22-9-3-4-16(25)24-14-6-7-14/h5,8,10,14,17H,3-4,6-7,9,11H2,1-2H3,(H,24,25)(H2,21,22,23). The van der Waals surface area contributed by atoms with E-state index in [1.807, 2.05) is 6.92 Å². The van der Waals surface area contributed by atoms with Crippen LogP contribution in [0.3, 0.4) is 0 Å². The summed E-state index contributed by atoms with van der Waals surface area (Å²) < 4.78 is 29.6. The van der Waals surface area contributed by atoms with Gasteiger partial charge in [0.2, 0.25) is 5.91 Å². The van der Waals surface area contributed by atoms with Gasteiger partial charge in [-0.3, -0.25) is 9.79 Å². The number of aryl methyl sites for hydroxylation is 1. The molecule has 8 heteroatoms. The number of carbonyl (C=O) groups excluding carboxylic acids is 1. The zero-order chi connectivity index (χ0) is 18.9. The fraction of sp³-hybridized carbons (Fsp3) is 0.556. The molecule has 0 heterocycles. The third-order valence-corrected chi connectivity index (χ3v) is 3.92. The van der Waals surface area contributed by atoms with Crippen LogP contribution >= 0.6 is 0 Å². The molecule has 0 bridgehead atoms. The molecule has 0 saturated heterocycles. The summed E-state index contributed by atoms with van der Waals surface area (Å²) in [6, 6.07) is 5.43. The van der Waals surface area contributed by atoms with Crippen molar-refractivity contribution >= 4 is 11.9 Å². The summed E-state index contributed by atoms with van der Waals surface area (Å²) in [5, 5.41) is 9.12. The maximum Gasteiger partial charge on any atom is 0.387 e. The Morgan fingerprint density at radius 2 is 2.12 bits per heavy atom. The number of guanidine groups is 1. The van der Waals surface area contributed by atoms with E-state index in [2.05, 4.69) is 25.7 Å². The summed E-state index contributed by atoms with van der Waals surface area (Å²) in [5.74, 6) is 0.758. The molecule has 1 aromatic rings. The van der Waals surface area contributed by atoms with Crippen LogP contribution in [0.5, 0.6) is 5.75 Å². The highest BCUT2D eigenvalue weighted by atomic mass is 19.3. The van der Waals surface area contributed by atoms with Crippen LogP contribution in [0.1, 0.15) is 36.8 Å². The Morgan fingerprint density at radius 1 is 1.35 bits per heavy atom. The predicted molar refractivity (Wildman–Crippen MR) is 96.4 cm³/mol. The van der Waals surface area contributed by atoms with Gasteiger partial charge in [0.05, 0.1) is 0 Å². The fourth-order valence-electron chi connectivity index (χ4n) is 2.44. The van der Waals surface area contributed by atoms with E-state index >= 15 is 0 Å². The quantitative estimate of drug-likeness (QED) is 0.355. The second kappa shape index (κ2) is 9.94. The van der Waals surface area contributed by atoms with Crippen molar-refractivity contribution in [2.24, 2.45) is 4.99 Å². The summed E-state index contributed by atoms with van der Waals surface area (Å²) in [5.41, 5.74) is 1.57. The van der Waals surface area contributed by atoms with Crippen molar-refractivity contribution in [1.82, 2.24) is 16.0 Å². The topological polar surface area (TPSA) is 74.8 Å². The van der Waals surface area contributed by atoms with Crippen molar-refractivity contribution in [3.05, 3.63) is 29.3 Å². The van der Waals surface area contributed by atoms with Crippen molar-refractivity contribution in [3.63, 3.8) is 0 Å². The minimum atomic E-state index is -2.87. The van der Waals surface area contributed by atoms with Gasteiger partial charge >= 0.3 is 6.61 Å². The number of nitrogens with zero attached hydrogens (tertiary/aromatic N) is 1. The summed E-state index contributed by atoms with van der Waals surface area (Å²) in [4.78, 5) is 15.7. The Hall–Kier alpha value is -2.38. The van der Waals surface area contributed by atoms with Crippen molar-refractivity contribution < 1.29 is 18.3 Å². The van der Waals surface area contributed by atoms with Gasteiger partial charge in [-0.2, -0.15) is 8.78 Å². The molecule has 0 unspecified atom stereocenters. The van der Waals surface area contributed by atoms with Crippen LogP contribution in [-0.2, 0) is 11.3 Å². The number of ether oxygens (including phenoxy) is 1. The average Bonchev–Trinajstić information content (AvgIpc) is 3.40. The molecular formula is C18H26F2N4O2. The largest absolute Gasteiger partial charge is 0.434 e. The maximum atomic E-state index is 12.5. The van der Waals surface area contributed by atoms with Crippen molar-refractivity contribution in [3.8, 4) is 5.75 Å². The number of benzene rings is 1. The van der Waals surface area contributed by atoms with E-state index in [0.29, 0.717) is 43.5 Å². The minimum Gasteiger partial charge on any atom is -0.434 e. The summed E-state index contributed by atoms with van der Waals surface area (Å²) in [6.45, 7) is -0.0943. The number of amides is 1. The van der Waals surface area contributed by atoms with E-state index in [1.54, 1.807) is 19.2 Å². The van der Waals surface area contributed by atoms with Gasteiger partial charge < -0.3 is 20.7 Å². The van der Waals surface area contributed by atoms with Crippen molar-refractivity contribution in [2.45, 2.75) is 51.8 Å². The number of hydrogen-bond acceptors (Lipinski definition) is 3. The first-order valence-electron chi connectivity index (χ1n) is 8.76. The van der Waals surface area contributed by atoms with E-state index in [1.165, 1.54) is 6.07 Å². The third-order valence-electron chi connectivity index (χ3n) is 3.92. The molecule has 2 rings (SSSR count). The highest BCUT2D eigenvalue weighted by molar-refractivity contribution is 5.80. The number of carbonyl (C=O) groups is 1. The molecule has 1 aromatic carbocycles. The van der Waals surface area contributed by atoms with Gasteiger partial charge in [0.1, 0.15) is 5.75 Å². The molecule has 0 atom stereocenters. The molecule has 0 spiro atoms. The van der Waals surface area contributed by atoms with Crippen LogP contribution in [0.25, 0.3) is 0 Å². The lowest BCUT2D eigenvalue weighted by molar-refractivity contribution is -0.121. The molecule has 0 aromatic heterocycles. The van der Waals surface area contributed by atoms with Crippen LogP contribution in [0.15, 0.2) is 23.2 Å². The Morgan fingerprint density at radius 3 is 2.77 bits per heavy atom. The Bertz CT molecular complexity index is 634. The van der Waals surface area contributed by atoms with Gasteiger partial charge in [-0.25, -0.2) is 0 Å². The summed E-state index contributed by atoms with van der Waals surface area (Å²) in [6.07, 6.45) is 3.31. The molecule has 144 valence electrons. The Balaban J connectivity index is 1.75. The van der Waals surface area contributed by atoms with E-state index in [9.17, 15) is 13.6 Å². The molecule has 1 amide bonds. The van der Waals surface area contributed by atoms with Gasteiger partial charge in [0.15, 0.2) is 5.96 Å². The molecular weight excluding hydrogens is 342 g/mol. The number of nitrogens with one attached hydrogen (secondary N) is 3. The lowest BCUT2D eigenvalue weighted by Crippen LogP contribution is -2.37. The molecule has 0 radical (unpaired) electrons. The van der Waals surface area contributed by atoms with Crippen LogP contribution in [0, 0.1) is 6.92 Å². The summed E-state index contributed by atoms with van der Waals surface area (Å²) >= 11 is 0. The average molecular weight is 368 g/mol. The van der Waals surface area contributed by atoms with E-state index in [4.69, 9.17) is 0 Å². The summed E-state index contributed by atoms with van der Waals surface area (Å²) in [7, 11) is 1.63. The van der Waals surface area contributed by atoms with Gasteiger partial charge in [0, 0.05) is 38.2 Å². The van der Waals surface area contributed by atoms with Crippen molar-refractivity contribution in [1.29, 1.82) is 0 Å². The SMILES string of the molecule is CN=C(NCCCC(=O)NC1CC1)NCc1cc(C)ccc1OC(F)F. The first-order chi connectivity index (χ1) is 12.5. The number of hydrogen-bond donors (Lipinski definition) is 3.